The minimum atomic E-state index is -3.73. The third-order valence-electron chi connectivity index (χ3n) is 6.68. The van der Waals surface area contributed by atoms with Crippen LogP contribution in [0.15, 0.2) is 71.6 Å². The summed E-state index contributed by atoms with van der Waals surface area (Å²) in [5.74, 6) is 0.866. The van der Waals surface area contributed by atoms with Crippen molar-refractivity contribution in [2.24, 2.45) is 5.92 Å². The van der Waals surface area contributed by atoms with Gasteiger partial charge in [-0.25, -0.2) is 8.42 Å². The molecule has 0 saturated heterocycles. The summed E-state index contributed by atoms with van der Waals surface area (Å²) in [5.41, 5.74) is 5.48. The number of fused-ring (bicyclic) bond motifs is 3. The molecule has 3 N–H and O–H groups in total. The van der Waals surface area contributed by atoms with Crippen molar-refractivity contribution in [2.45, 2.75) is 37.1 Å². The molecule has 1 aliphatic heterocycles. The van der Waals surface area contributed by atoms with Crippen LogP contribution in [0.3, 0.4) is 0 Å². The van der Waals surface area contributed by atoms with Gasteiger partial charge in [-0.05, 0) is 90.9 Å². The molecule has 6 nitrogen and oxygen atoms in total. The number of allylic oxidation sites excluding steroid dienone is 2. The molecule has 3 atom stereocenters. The molecule has 34 heavy (non-hydrogen) atoms. The van der Waals surface area contributed by atoms with Crippen molar-refractivity contribution in [2.75, 3.05) is 17.1 Å². The average Bonchev–Trinajstić information content (AvgIpc) is 3.28. The molecule has 3 aromatic rings. The topological polar surface area (TPSA) is 87.7 Å². The summed E-state index contributed by atoms with van der Waals surface area (Å²) in [4.78, 5) is 0.246. The fourth-order valence-electron chi connectivity index (χ4n) is 5.20. The molecule has 0 fully saturated rings. The van der Waals surface area contributed by atoms with Crippen LogP contribution in [0.1, 0.15) is 40.6 Å². The summed E-state index contributed by atoms with van der Waals surface area (Å²) in [7, 11) is -2.20. The Morgan fingerprint density at radius 2 is 1.79 bits per heavy atom. The van der Waals surface area contributed by atoms with Gasteiger partial charge in [0.25, 0.3) is 10.0 Å². The minimum Gasteiger partial charge on any atom is -0.504 e. The number of ether oxygens (including phenoxy) is 1. The second-order valence-electron chi connectivity index (χ2n) is 9.14. The van der Waals surface area contributed by atoms with Gasteiger partial charge in [0.2, 0.25) is 0 Å². The molecule has 7 heteroatoms. The summed E-state index contributed by atoms with van der Waals surface area (Å²) < 4.78 is 34.4. The molecule has 176 valence electrons. The van der Waals surface area contributed by atoms with Crippen LogP contribution < -0.4 is 14.8 Å². The molecule has 2 aliphatic rings. The van der Waals surface area contributed by atoms with Gasteiger partial charge in [-0.15, -0.1) is 0 Å². The van der Waals surface area contributed by atoms with Crippen molar-refractivity contribution >= 4 is 21.4 Å². The maximum Gasteiger partial charge on any atom is 0.261 e. The van der Waals surface area contributed by atoms with Crippen molar-refractivity contribution in [1.29, 1.82) is 0 Å². The van der Waals surface area contributed by atoms with E-state index in [1.165, 1.54) is 7.11 Å². The van der Waals surface area contributed by atoms with Crippen LogP contribution in [0.4, 0.5) is 11.4 Å². The Balaban J connectivity index is 1.49. The van der Waals surface area contributed by atoms with Crippen LogP contribution in [-0.4, -0.2) is 20.6 Å². The summed E-state index contributed by atoms with van der Waals surface area (Å²) in [5, 5.41) is 13.6. The Bertz CT molecular complexity index is 1380. The lowest BCUT2D eigenvalue weighted by Gasteiger charge is -2.37. The smallest absolute Gasteiger partial charge is 0.261 e. The zero-order valence-corrected chi connectivity index (χ0v) is 20.2. The second-order valence-corrected chi connectivity index (χ2v) is 10.8. The van der Waals surface area contributed by atoms with Crippen molar-refractivity contribution in [3.8, 4) is 11.5 Å². The average molecular weight is 477 g/mol. The third-order valence-corrected chi connectivity index (χ3v) is 8.06. The highest BCUT2D eigenvalue weighted by Crippen LogP contribution is 2.50. The van der Waals surface area contributed by atoms with E-state index in [1.807, 2.05) is 50.2 Å². The molecule has 1 aliphatic carbocycles. The second kappa shape index (κ2) is 8.40. The number of anilines is 2. The lowest BCUT2D eigenvalue weighted by molar-refractivity contribution is 0.370. The van der Waals surface area contributed by atoms with Crippen LogP contribution in [0.2, 0.25) is 0 Å². The number of methoxy groups -OCH3 is 1. The van der Waals surface area contributed by atoms with Crippen LogP contribution in [-0.2, 0) is 10.0 Å². The Morgan fingerprint density at radius 1 is 1.03 bits per heavy atom. The molecule has 0 amide bonds. The third kappa shape index (κ3) is 4.01. The van der Waals surface area contributed by atoms with Gasteiger partial charge in [0.05, 0.1) is 18.0 Å². The molecule has 0 spiro atoms. The molecular weight excluding hydrogens is 448 g/mol. The van der Waals surface area contributed by atoms with Crippen LogP contribution in [0.25, 0.3) is 0 Å². The van der Waals surface area contributed by atoms with E-state index in [2.05, 4.69) is 22.2 Å². The lowest BCUT2D eigenvalue weighted by atomic mass is 9.77. The largest absolute Gasteiger partial charge is 0.504 e. The van der Waals surface area contributed by atoms with E-state index in [4.69, 9.17) is 4.74 Å². The zero-order chi connectivity index (χ0) is 24.0. The van der Waals surface area contributed by atoms with Gasteiger partial charge < -0.3 is 15.2 Å². The van der Waals surface area contributed by atoms with E-state index in [0.29, 0.717) is 11.4 Å². The highest BCUT2D eigenvalue weighted by atomic mass is 32.2. The van der Waals surface area contributed by atoms with Gasteiger partial charge in [-0.2, -0.15) is 0 Å². The monoisotopic (exact) mass is 476 g/mol. The minimum absolute atomic E-state index is 0.0119. The summed E-state index contributed by atoms with van der Waals surface area (Å²) >= 11 is 0. The molecule has 0 radical (unpaired) electrons. The van der Waals surface area contributed by atoms with Gasteiger partial charge in [0.1, 0.15) is 0 Å². The number of hydrogen-bond donors (Lipinski definition) is 3. The first kappa shape index (κ1) is 22.3. The molecule has 1 heterocycles. The van der Waals surface area contributed by atoms with Crippen LogP contribution in [0, 0.1) is 19.8 Å². The number of nitrogens with one attached hydrogen (secondary N) is 2. The number of aryl methyl sites for hydroxylation is 2. The van der Waals surface area contributed by atoms with Crippen molar-refractivity contribution in [3.63, 3.8) is 0 Å². The lowest BCUT2D eigenvalue weighted by Crippen LogP contribution is -2.29. The van der Waals surface area contributed by atoms with Crippen molar-refractivity contribution in [3.05, 3.63) is 89.0 Å². The van der Waals surface area contributed by atoms with Gasteiger partial charge in [-0.1, -0.05) is 24.3 Å². The number of phenolic OH excluding ortho intramolecular Hbond substituents is 1. The number of sulfonamides is 1. The number of benzene rings is 3. The predicted molar refractivity (Wildman–Crippen MR) is 134 cm³/mol. The van der Waals surface area contributed by atoms with Crippen LogP contribution >= 0.6 is 0 Å². The Kier molecular flexibility index (Phi) is 5.52. The molecule has 0 aromatic heterocycles. The molecule has 0 bridgehead atoms. The van der Waals surface area contributed by atoms with Crippen molar-refractivity contribution < 1.29 is 18.3 Å². The normalized spacial score (nSPS) is 20.9. The first-order valence-electron chi connectivity index (χ1n) is 11.3. The molecular formula is C27H28N2O4S. The molecule has 0 saturated carbocycles. The van der Waals surface area contributed by atoms with Gasteiger partial charge in [-0.3, -0.25) is 4.72 Å². The number of hydrogen-bond acceptors (Lipinski definition) is 5. The van der Waals surface area contributed by atoms with Crippen LogP contribution in [0.5, 0.6) is 11.5 Å². The summed E-state index contributed by atoms with van der Waals surface area (Å²) in [6.45, 7) is 3.89. The zero-order valence-electron chi connectivity index (χ0n) is 19.4. The first-order valence-corrected chi connectivity index (χ1v) is 12.8. The first-order chi connectivity index (χ1) is 16.2. The van der Waals surface area contributed by atoms with Gasteiger partial charge in [0.15, 0.2) is 11.5 Å². The van der Waals surface area contributed by atoms with Gasteiger partial charge >= 0.3 is 0 Å². The fraction of sp³-hybridized carbons (Fsp3) is 0.259. The molecule has 3 aromatic carbocycles. The molecule has 3 unspecified atom stereocenters. The van der Waals surface area contributed by atoms with Crippen molar-refractivity contribution in [1.82, 2.24) is 0 Å². The van der Waals surface area contributed by atoms with E-state index in [9.17, 15) is 13.5 Å². The number of phenols is 1. The SMILES string of the molecule is COc1cc(C2Nc3ccc(S(=O)(=O)Nc4cc(C)cc(C)c4)cc3C3C=CCC32)ccc1O. The van der Waals surface area contributed by atoms with Gasteiger partial charge in [0, 0.05) is 17.3 Å². The highest BCUT2D eigenvalue weighted by Gasteiger charge is 2.38. The van der Waals surface area contributed by atoms with E-state index in [-0.39, 0.29) is 28.5 Å². The van der Waals surface area contributed by atoms with E-state index >= 15 is 0 Å². The Hall–Kier alpha value is -3.45. The Morgan fingerprint density at radius 3 is 2.53 bits per heavy atom. The number of rotatable bonds is 5. The van der Waals surface area contributed by atoms with E-state index in [0.717, 1.165) is 34.4 Å². The molecule has 5 rings (SSSR count). The van der Waals surface area contributed by atoms with E-state index < -0.39 is 10.0 Å². The Labute approximate surface area is 200 Å². The summed E-state index contributed by atoms with van der Waals surface area (Å²) in [6, 6.07) is 16.4. The maximum atomic E-state index is 13.2. The highest BCUT2D eigenvalue weighted by molar-refractivity contribution is 7.92. The quantitative estimate of drug-likeness (QED) is 0.415. The summed E-state index contributed by atoms with van der Waals surface area (Å²) in [6.07, 6.45) is 5.21. The standard InChI is InChI=1S/C27H28N2O4S/c1-16-11-17(2)13-19(12-16)29-34(31,32)20-8-9-24-23(15-20)21-5-4-6-22(21)27(28-24)18-7-10-25(30)26(14-18)33-3/h4-5,7-15,21-22,27-30H,6H2,1-3H3. The van der Waals surface area contributed by atoms with E-state index in [1.54, 1.807) is 18.2 Å². The maximum absolute atomic E-state index is 13.2. The predicted octanol–water partition coefficient (Wildman–Crippen LogP) is 5.64. The number of aromatic hydroxyl groups is 1. The fourth-order valence-corrected chi connectivity index (χ4v) is 6.28.